The fraction of sp³-hybridized carbons (Fsp3) is 0.167. The number of H-pyrrole nitrogens is 1. The first-order valence-electron chi connectivity index (χ1n) is 7.88. The number of hydrogen-bond donors (Lipinski definition) is 3. The van der Waals surface area contributed by atoms with Gasteiger partial charge in [0.25, 0.3) is 5.91 Å². The van der Waals surface area contributed by atoms with Crippen molar-refractivity contribution in [1.82, 2.24) is 15.4 Å². The van der Waals surface area contributed by atoms with Crippen LogP contribution in [-0.2, 0) is 4.79 Å². The van der Waals surface area contributed by atoms with Crippen LogP contribution in [0.15, 0.2) is 58.8 Å². The molecule has 0 aliphatic carbocycles. The first kappa shape index (κ1) is 17.0. The lowest BCUT2D eigenvalue weighted by atomic mass is 10.1. The second-order valence-corrected chi connectivity index (χ2v) is 6.31. The number of nitrogens with zero attached hydrogens (tertiary/aromatic N) is 2. The highest BCUT2D eigenvalue weighted by molar-refractivity contribution is 7.99. The van der Waals surface area contributed by atoms with Crippen LogP contribution in [0, 0.1) is 0 Å². The van der Waals surface area contributed by atoms with E-state index < -0.39 is 0 Å². The summed E-state index contributed by atoms with van der Waals surface area (Å²) in [6.45, 7) is 1.96. The number of hydrazone groups is 1. The van der Waals surface area contributed by atoms with Gasteiger partial charge in [0, 0.05) is 0 Å². The molecule has 3 aromatic rings. The van der Waals surface area contributed by atoms with Gasteiger partial charge in [0.2, 0.25) is 0 Å². The van der Waals surface area contributed by atoms with Crippen LogP contribution in [0.25, 0.3) is 11.0 Å². The zero-order valence-corrected chi connectivity index (χ0v) is 14.5. The summed E-state index contributed by atoms with van der Waals surface area (Å²) in [6.07, 6.45) is 0.668. The summed E-state index contributed by atoms with van der Waals surface area (Å²) < 4.78 is 0. The molecule has 1 amide bonds. The van der Waals surface area contributed by atoms with Crippen molar-refractivity contribution in [3.8, 4) is 5.75 Å². The van der Waals surface area contributed by atoms with E-state index in [2.05, 4.69) is 20.5 Å². The predicted octanol–water partition coefficient (Wildman–Crippen LogP) is 3.29. The molecule has 0 atom stereocenters. The molecule has 0 bridgehead atoms. The lowest BCUT2D eigenvalue weighted by Crippen LogP contribution is -2.21. The SMILES string of the molecule is CCC(=NNC(=O)CSc1nc2ccccc2[nH]1)c1ccc(O)cc1. The van der Waals surface area contributed by atoms with Crippen molar-refractivity contribution in [3.63, 3.8) is 0 Å². The molecular weight excluding hydrogens is 336 g/mol. The molecule has 1 heterocycles. The number of carbonyl (C=O) groups is 1. The number of fused-ring (bicyclic) bond motifs is 1. The Morgan fingerprint density at radius 1 is 1.24 bits per heavy atom. The minimum Gasteiger partial charge on any atom is -0.508 e. The van der Waals surface area contributed by atoms with Crippen molar-refractivity contribution in [1.29, 1.82) is 0 Å². The third kappa shape index (κ3) is 4.39. The number of para-hydroxylation sites is 2. The Kier molecular flexibility index (Phi) is 5.35. The number of hydrogen-bond acceptors (Lipinski definition) is 5. The molecule has 2 aromatic carbocycles. The summed E-state index contributed by atoms with van der Waals surface area (Å²) in [5.41, 5.74) is 6.02. The first-order chi connectivity index (χ1) is 12.2. The molecule has 128 valence electrons. The normalized spacial score (nSPS) is 11.6. The summed E-state index contributed by atoms with van der Waals surface area (Å²) in [6, 6.07) is 14.5. The molecular formula is C18H18N4O2S. The van der Waals surface area contributed by atoms with Crippen molar-refractivity contribution in [2.75, 3.05) is 5.75 Å². The van der Waals surface area contributed by atoms with E-state index in [1.54, 1.807) is 24.3 Å². The Labute approximate surface area is 149 Å². The van der Waals surface area contributed by atoms with E-state index >= 15 is 0 Å². The van der Waals surface area contributed by atoms with E-state index in [0.717, 1.165) is 22.3 Å². The third-order valence-corrected chi connectivity index (χ3v) is 4.43. The number of aromatic nitrogens is 2. The van der Waals surface area contributed by atoms with Crippen LogP contribution in [0.1, 0.15) is 18.9 Å². The van der Waals surface area contributed by atoms with Gasteiger partial charge >= 0.3 is 0 Å². The Balaban J connectivity index is 1.58. The maximum atomic E-state index is 12.0. The van der Waals surface area contributed by atoms with E-state index in [1.165, 1.54) is 11.8 Å². The number of imidazole rings is 1. The summed E-state index contributed by atoms with van der Waals surface area (Å²) in [5, 5.41) is 14.2. The highest BCUT2D eigenvalue weighted by Gasteiger charge is 2.07. The average molecular weight is 354 g/mol. The summed E-state index contributed by atoms with van der Waals surface area (Å²) >= 11 is 1.33. The van der Waals surface area contributed by atoms with Crippen molar-refractivity contribution < 1.29 is 9.90 Å². The lowest BCUT2D eigenvalue weighted by Gasteiger charge is -2.05. The van der Waals surface area contributed by atoms with Gasteiger partial charge in [0.15, 0.2) is 5.16 Å². The molecule has 0 spiro atoms. The molecule has 1 aromatic heterocycles. The number of aromatic hydroxyl groups is 1. The number of nitrogens with one attached hydrogen (secondary N) is 2. The second kappa shape index (κ2) is 7.85. The standard InChI is InChI=1S/C18H18N4O2S/c1-2-14(12-7-9-13(23)10-8-12)21-22-17(24)11-25-18-19-15-5-3-4-6-16(15)20-18/h3-10,23H,2,11H2,1H3,(H,19,20)(H,22,24). The summed E-state index contributed by atoms with van der Waals surface area (Å²) in [5.74, 6) is 0.219. The molecule has 0 saturated carbocycles. The van der Waals surface area contributed by atoms with Crippen molar-refractivity contribution in [2.24, 2.45) is 5.10 Å². The number of thioether (sulfide) groups is 1. The Bertz CT molecular complexity index is 870. The van der Waals surface area contributed by atoms with Gasteiger partial charge in [-0.1, -0.05) is 30.8 Å². The molecule has 0 radical (unpaired) electrons. The van der Waals surface area contributed by atoms with Crippen LogP contribution in [0.4, 0.5) is 0 Å². The minimum absolute atomic E-state index is 0.199. The number of phenolic OH excluding ortho intramolecular Hbond substituents is 1. The van der Waals surface area contributed by atoms with Crippen LogP contribution < -0.4 is 5.43 Å². The number of aromatic amines is 1. The van der Waals surface area contributed by atoms with Crippen LogP contribution in [-0.4, -0.2) is 32.4 Å². The topological polar surface area (TPSA) is 90.4 Å². The van der Waals surface area contributed by atoms with Gasteiger partial charge in [-0.2, -0.15) is 5.10 Å². The fourth-order valence-electron chi connectivity index (χ4n) is 2.30. The number of rotatable bonds is 6. The molecule has 0 unspecified atom stereocenters. The molecule has 0 aliphatic rings. The largest absolute Gasteiger partial charge is 0.508 e. The fourth-order valence-corrected chi connectivity index (χ4v) is 2.97. The molecule has 3 N–H and O–H groups in total. The second-order valence-electron chi connectivity index (χ2n) is 5.34. The number of amides is 1. The van der Waals surface area contributed by atoms with Gasteiger partial charge in [-0.25, -0.2) is 10.4 Å². The maximum Gasteiger partial charge on any atom is 0.250 e. The molecule has 6 nitrogen and oxygen atoms in total. The van der Waals surface area contributed by atoms with Gasteiger partial charge in [0.05, 0.1) is 22.5 Å². The van der Waals surface area contributed by atoms with E-state index in [9.17, 15) is 9.90 Å². The van der Waals surface area contributed by atoms with E-state index in [-0.39, 0.29) is 17.4 Å². The average Bonchev–Trinajstić information content (AvgIpc) is 3.05. The van der Waals surface area contributed by atoms with Gasteiger partial charge in [0.1, 0.15) is 5.75 Å². The Morgan fingerprint density at radius 2 is 2.00 bits per heavy atom. The van der Waals surface area contributed by atoms with Gasteiger partial charge in [-0.05, 0) is 48.4 Å². The van der Waals surface area contributed by atoms with Crippen LogP contribution in [0.2, 0.25) is 0 Å². The predicted molar refractivity (Wildman–Crippen MR) is 99.9 cm³/mol. The number of phenols is 1. The highest BCUT2D eigenvalue weighted by Crippen LogP contribution is 2.18. The lowest BCUT2D eigenvalue weighted by molar-refractivity contribution is -0.118. The monoisotopic (exact) mass is 354 g/mol. The van der Waals surface area contributed by atoms with Crippen LogP contribution >= 0.6 is 11.8 Å². The van der Waals surface area contributed by atoms with E-state index in [4.69, 9.17) is 0 Å². The summed E-state index contributed by atoms with van der Waals surface area (Å²) in [4.78, 5) is 19.6. The van der Waals surface area contributed by atoms with Gasteiger partial charge < -0.3 is 10.1 Å². The first-order valence-corrected chi connectivity index (χ1v) is 8.86. The maximum absolute atomic E-state index is 12.0. The quantitative estimate of drug-likeness (QED) is 0.360. The highest BCUT2D eigenvalue weighted by atomic mass is 32.2. The zero-order valence-electron chi connectivity index (χ0n) is 13.7. The van der Waals surface area contributed by atoms with Crippen molar-refractivity contribution in [3.05, 3.63) is 54.1 Å². The molecule has 7 heteroatoms. The minimum atomic E-state index is -0.199. The van der Waals surface area contributed by atoms with Crippen molar-refractivity contribution >= 4 is 34.4 Å². The van der Waals surface area contributed by atoms with Crippen LogP contribution in [0.5, 0.6) is 5.75 Å². The third-order valence-electron chi connectivity index (χ3n) is 3.56. The van der Waals surface area contributed by atoms with Crippen molar-refractivity contribution in [2.45, 2.75) is 18.5 Å². The van der Waals surface area contributed by atoms with Gasteiger partial charge in [-0.15, -0.1) is 0 Å². The molecule has 0 saturated heterocycles. The summed E-state index contributed by atoms with van der Waals surface area (Å²) in [7, 11) is 0. The molecule has 0 aliphatic heterocycles. The number of carbonyl (C=O) groups excluding carboxylic acids is 1. The smallest absolute Gasteiger partial charge is 0.250 e. The van der Waals surface area contributed by atoms with Crippen LogP contribution in [0.3, 0.4) is 0 Å². The molecule has 3 rings (SSSR count). The number of benzene rings is 2. The molecule has 0 fully saturated rings. The van der Waals surface area contributed by atoms with E-state index in [1.807, 2.05) is 31.2 Å². The zero-order chi connectivity index (χ0) is 17.6. The van der Waals surface area contributed by atoms with E-state index in [0.29, 0.717) is 11.6 Å². The van der Waals surface area contributed by atoms with Gasteiger partial charge in [-0.3, -0.25) is 4.79 Å². The Morgan fingerprint density at radius 3 is 2.72 bits per heavy atom. The Hall–Kier alpha value is -2.80. The molecule has 25 heavy (non-hydrogen) atoms.